The van der Waals surface area contributed by atoms with E-state index in [2.05, 4.69) is 24.9 Å². The van der Waals surface area contributed by atoms with E-state index in [-0.39, 0.29) is 28.5 Å². The van der Waals surface area contributed by atoms with Gasteiger partial charge in [0.25, 0.3) is 0 Å². The molecule has 0 N–H and O–H groups in total. The maximum absolute atomic E-state index is 14.6. The summed E-state index contributed by atoms with van der Waals surface area (Å²) in [5.41, 5.74) is 2.07. The van der Waals surface area contributed by atoms with Gasteiger partial charge in [0.15, 0.2) is 11.6 Å². The van der Waals surface area contributed by atoms with E-state index in [0.717, 1.165) is 17.3 Å². The Morgan fingerprint density at radius 1 is 1.26 bits per heavy atom. The van der Waals surface area contributed by atoms with Crippen LogP contribution in [0.15, 0.2) is 50.9 Å². The van der Waals surface area contributed by atoms with Crippen LogP contribution in [0.5, 0.6) is 5.75 Å². The Morgan fingerprint density at radius 2 is 2.00 bits per heavy atom. The highest BCUT2D eigenvalue weighted by Gasteiger charge is 2.19. The number of aliphatic imine (C=N–C) groups is 2. The van der Waals surface area contributed by atoms with Crippen molar-refractivity contribution in [3.63, 3.8) is 0 Å². The molecule has 1 amide bonds. The third-order valence-electron chi connectivity index (χ3n) is 4.53. The number of thioether (sulfide) groups is 1. The molecule has 0 radical (unpaired) electrons. The van der Waals surface area contributed by atoms with E-state index in [1.165, 1.54) is 26.4 Å². The molecule has 3 rings (SSSR count). The van der Waals surface area contributed by atoms with Gasteiger partial charge in [-0.3, -0.25) is 0 Å². The van der Waals surface area contributed by atoms with Crippen molar-refractivity contribution in [2.75, 3.05) is 20.5 Å². The summed E-state index contributed by atoms with van der Waals surface area (Å²) in [6.45, 7) is 1.70. The third-order valence-corrected chi connectivity index (χ3v) is 5.21. The molecular weight excluding hydrogens is 461 g/mol. The molecule has 0 bridgehead atoms. The Kier molecular flexibility index (Phi) is 8.10. The number of hydrogen-bond acceptors (Lipinski definition) is 9. The van der Waals surface area contributed by atoms with E-state index in [4.69, 9.17) is 14.5 Å². The zero-order chi connectivity index (χ0) is 24.7. The Balaban J connectivity index is 2.16. The third kappa shape index (κ3) is 5.65. The van der Waals surface area contributed by atoms with E-state index in [1.807, 2.05) is 6.07 Å². The summed E-state index contributed by atoms with van der Waals surface area (Å²) in [4.78, 5) is 24.7. The van der Waals surface area contributed by atoms with E-state index in [9.17, 15) is 9.18 Å². The Morgan fingerprint density at radius 3 is 2.56 bits per heavy atom. The average Bonchev–Trinajstić information content (AvgIpc) is 3.29. The molecule has 0 unspecified atom stereocenters. The fourth-order valence-electron chi connectivity index (χ4n) is 2.94. The van der Waals surface area contributed by atoms with Crippen LogP contribution in [0.4, 0.5) is 14.9 Å². The standard InChI is InChI=1S/C23H20FN5O4S/c1-13-26-21(29-33-13)14-5-7-17(8-6-14)27-20(22(34-4)28-23(30)32-3)16-11-15(9-10-25)19(24)18(12-16)31-2/h5-8,11-12H,9H2,1-4H3/b27-20?,28-22-. The summed E-state index contributed by atoms with van der Waals surface area (Å²) in [6, 6.07) is 11.9. The number of aryl methyl sites for hydroxylation is 1. The first-order chi connectivity index (χ1) is 16.4. The largest absolute Gasteiger partial charge is 0.494 e. The number of benzene rings is 2. The van der Waals surface area contributed by atoms with Crippen LogP contribution in [0.3, 0.4) is 0 Å². The molecule has 174 valence electrons. The number of nitriles is 1. The number of aromatic nitrogens is 2. The van der Waals surface area contributed by atoms with Crippen molar-refractivity contribution >= 4 is 34.3 Å². The molecule has 1 aromatic heterocycles. The average molecular weight is 482 g/mol. The summed E-state index contributed by atoms with van der Waals surface area (Å²) in [7, 11) is 2.54. The van der Waals surface area contributed by atoms with Crippen molar-refractivity contribution in [3.05, 3.63) is 59.2 Å². The molecule has 1 heterocycles. The fraction of sp³-hybridized carbons (Fsp3) is 0.217. The lowest BCUT2D eigenvalue weighted by Gasteiger charge is -2.13. The van der Waals surface area contributed by atoms with Crippen LogP contribution in [0, 0.1) is 24.1 Å². The maximum Gasteiger partial charge on any atom is 0.434 e. The zero-order valence-electron chi connectivity index (χ0n) is 18.8. The summed E-state index contributed by atoms with van der Waals surface area (Å²) < 4.78 is 29.5. The molecule has 0 aliphatic carbocycles. The van der Waals surface area contributed by atoms with Crippen LogP contribution in [0.25, 0.3) is 11.4 Å². The van der Waals surface area contributed by atoms with E-state index < -0.39 is 11.9 Å². The number of methoxy groups -OCH3 is 2. The fourth-order valence-corrected chi connectivity index (χ4v) is 3.47. The molecule has 0 aliphatic heterocycles. The van der Waals surface area contributed by atoms with Crippen LogP contribution < -0.4 is 4.74 Å². The van der Waals surface area contributed by atoms with Gasteiger partial charge in [0.2, 0.25) is 11.7 Å². The van der Waals surface area contributed by atoms with Gasteiger partial charge in [0.05, 0.1) is 32.4 Å². The lowest BCUT2D eigenvalue weighted by atomic mass is 10.0. The highest BCUT2D eigenvalue weighted by molar-refractivity contribution is 8.15. The first-order valence-corrected chi connectivity index (χ1v) is 11.1. The smallest absolute Gasteiger partial charge is 0.434 e. The maximum atomic E-state index is 14.6. The van der Waals surface area contributed by atoms with Gasteiger partial charge in [0.1, 0.15) is 10.8 Å². The molecule has 34 heavy (non-hydrogen) atoms. The summed E-state index contributed by atoms with van der Waals surface area (Å²) in [5.74, 6) is 0.190. The SMILES string of the molecule is COC(=O)/N=C(\SC)C(=Nc1ccc(-c2noc(C)n2)cc1)c1cc(CC#N)c(F)c(OC)c1. The number of amides is 1. The molecule has 0 spiro atoms. The minimum atomic E-state index is -0.814. The number of ether oxygens (including phenoxy) is 2. The Hall–Kier alpha value is -4.04. The predicted octanol–water partition coefficient (Wildman–Crippen LogP) is 4.91. The molecular formula is C23H20FN5O4S. The molecule has 0 fully saturated rings. The Labute approximate surface area is 199 Å². The number of nitrogens with zero attached hydrogens (tertiary/aromatic N) is 5. The van der Waals surface area contributed by atoms with E-state index >= 15 is 0 Å². The summed E-state index contributed by atoms with van der Waals surface area (Å²) in [5, 5.41) is 13.2. The van der Waals surface area contributed by atoms with Crippen molar-refractivity contribution < 1.29 is 23.2 Å². The van der Waals surface area contributed by atoms with Crippen LogP contribution in [-0.2, 0) is 11.2 Å². The number of hydrogen-bond donors (Lipinski definition) is 0. The predicted molar refractivity (Wildman–Crippen MR) is 126 cm³/mol. The lowest BCUT2D eigenvalue weighted by molar-refractivity contribution is 0.183. The lowest BCUT2D eigenvalue weighted by Crippen LogP contribution is -2.15. The van der Waals surface area contributed by atoms with Crippen molar-refractivity contribution in [2.24, 2.45) is 9.98 Å². The quantitative estimate of drug-likeness (QED) is 0.359. The van der Waals surface area contributed by atoms with Gasteiger partial charge in [0, 0.05) is 23.6 Å². The number of rotatable bonds is 6. The molecule has 11 heteroatoms. The van der Waals surface area contributed by atoms with Gasteiger partial charge in [-0.2, -0.15) is 15.2 Å². The summed E-state index contributed by atoms with van der Waals surface area (Å²) in [6.07, 6.45) is 0.729. The molecule has 2 aromatic carbocycles. The second-order valence-corrected chi connectivity index (χ2v) is 7.52. The summed E-state index contributed by atoms with van der Waals surface area (Å²) >= 11 is 1.16. The second-order valence-electron chi connectivity index (χ2n) is 6.72. The molecule has 3 aromatic rings. The number of carbonyl (C=O) groups is 1. The van der Waals surface area contributed by atoms with Crippen LogP contribution in [0.2, 0.25) is 0 Å². The first-order valence-electron chi connectivity index (χ1n) is 9.84. The zero-order valence-corrected chi connectivity index (χ0v) is 19.6. The topological polar surface area (TPSA) is 123 Å². The molecule has 0 aliphatic rings. The monoisotopic (exact) mass is 481 g/mol. The van der Waals surface area contributed by atoms with Crippen LogP contribution >= 0.6 is 11.8 Å². The van der Waals surface area contributed by atoms with Crippen molar-refractivity contribution in [1.29, 1.82) is 5.26 Å². The van der Waals surface area contributed by atoms with Gasteiger partial charge >= 0.3 is 6.09 Å². The normalized spacial score (nSPS) is 11.8. The highest BCUT2D eigenvalue weighted by atomic mass is 32.2. The van der Waals surface area contributed by atoms with Gasteiger partial charge in [-0.05, 0) is 42.7 Å². The van der Waals surface area contributed by atoms with Gasteiger partial charge in [-0.1, -0.05) is 5.16 Å². The minimum Gasteiger partial charge on any atom is -0.494 e. The first kappa shape index (κ1) is 24.6. The van der Waals surface area contributed by atoms with Crippen molar-refractivity contribution in [1.82, 2.24) is 10.1 Å². The molecule has 9 nitrogen and oxygen atoms in total. The van der Waals surface area contributed by atoms with Crippen molar-refractivity contribution in [2.45, 2.75) is 13.3 Å². The highest BCUT2D eigenvalue weighted by Crippen LogP contribution is 2.27. The van der Waals surface area contributed by atoms with Crippen LogP contribution in [0.1, 0.15) is 17.0 Å². The van der Waals surface area contributed by atoms with Gasteiger partial charge in [-0.15, -0.1) is 11.8 Å². The van der Waals surface area contributed by atoms with E-state index in [0.29, 0.717) is 23.0 Å². The molecule has 0 saturated carbocycles. The second kappa shape index (κ2) is 11.2. The number of halogens is 1. The molecule has 0 atom stereocenters. The van der Waals surface area contributed by atoms with Gasteiger partial charge in [-0.25, -0.2) is 14.2 Å². The number of carbonyl (C=O) groups excluding carboxylic acids is 1. The van der Waals surface area contributed by atoms with Gasteiger partial charge < -0.3 is 14.0 Å². The van der Waals surface area contributed by atoms with Crippen LogP contribution in [-0.4, -0.2) is 47.5 Å². The molecule has 0 saturated heterocycles. The minimum absolute atomic E-state index is 0.0585. The van der Waals surface area contributed by atoms with E-state index in [1.54, 1.807) is 37.4 Å². The Bertz CT molecular complexity index is 1300. The van der Waals surface area contributed by atoms with Crippen molar-refractivity contribution in [3.8, 4) is 23.2 Å².